The average molecular weight is 342 g/mol. The van der Waals surface area contributed by atoms with Crippen molar-refractivity contribution in [1.82, 2.24) is 4.90 Å². The van der Waals surface area contributed by atoms with Gasteiger partial charge in [-0.05, 0) is 24.3 Å². The van der Waals surface area contributed by atoms with Gasteiger partial charge in [0.1, 0.15) is 17.3 Å². The van der Waals surface area contributed by atoms with Crippen molar-refractivity contribution in [2.24, 2.45) is 0 Å². The highest BCUT2D eigenvalue weighted by molar-refractivity contribution is 5.51. The summed E-state index contributed by atoms with van der Waals surface area (Å²) in [6.45, 7) is 1.19. The molecule has 0 radical (unpaired) electrons. The molecule has 2 aromatic rings. The standard InChI is InChI=1S/C19H19FN2O3/c1-24-17-5-6-18(25-2)19-14(17)10-22(11-16(19)23)9-13-4-3-12(8-21)7-15(13)20/h3-7,16,23H,9-11H2,1-2H3/t16-/m0/s1. The van der Waals surface area contributed by atoms with E-state index in [2.05, 4.69) is 0 Å². The molecule has 1 aliphatic heterocycles. The van der Waals surface area contributed by atoms with Gasteiger partial charge >= 0.3 is 0 Å². The normalized spacial score (nSPS) is 16.8. The van der Waals surface area contributed by atoms with E-state index in [1.54, 1.807) is 38.5 Å². The van der Waals surface area contributed by atoms with Gasteiger partial charge in [0.25, 0.3) is 0 Å². The Bertz CT molecular complexity index is 832. The van der Waals surface area contributed by atoms with Crippen LogP contribution in [0, 0.1) is 17.1 Å². The van der Waals surface area contributed by atoms with Gasteiger partial charge < -0.3 is 14.6 Å². The van der Waals surface area contributed by atoms with Gasteiger partial charge in [-0.3, -0.25) is 4.90 Å². The molecule has 5 nitrogen and oxygen atoms in total. The van der Waals surface area contributed by atoms with E-state index in [-0.39, 0.29) is 5.56 Å². The molecule has 0 aromatic heterocycles. The lowest BCUT2D eigenvalue weighted by Gasteiger charge is -2.34. The zero-order valence-corrected chi connectivity index (χ0v) is 14.1. The number of rotatable bonds is 4. The Morgan fingerprint density at radius 3 is 2.60 bits per heavy atom. The predicted octanol–water partition coefficient (Wildman–Crippen LogP) is 2.76. The predicted molar refractivity (Wildman–Crippen MR) is 89.7 cm³/mol. The van der Waals surface area contributed by atoms with Crippen molar-refractivity contribution < 1.29 is 19.0 Å². The van der Waals surface area contributed by atoms with Gasteiger partial charge in [-0.25, -0.2) is 4.39 Å². The summed E-state index contributed by atoms with van der Waals surface area (Å²) in [4.78, 5) is 1.94. The molecule has 0 unspecified atom stereocenters. The monoisotopic (exact) mass is 342 g/mol. The van der Waals surface area contributed by atoms with Gasteiger partial charge in [0, 0.05) is 36.3 Å². The van der Waals surface area contributed by atoms with Crippen LogP contribution in [0.25, 0.3) is 0 Å². The van der Waals surface area contributed by atoms with Crippen LogP contribution in [0.1, 0.15) is 28.4 Å². The fourth-order valence-electron chi connectivity index (χ4n) is 3.25. The lowest BCUT2D eigenvalue weighted by molar-refractivity contribution is 0.0837. The minimum atomic E-state index is -0.754. The maximum atomic E-state index is 14.2. The number of β-amino-alcohol motifs (C(OH)–C–C–N with tert-alkyl or cyclic N) is 1. The Balaban J connectivity index is 1.90. The maximum absolute atomic E-state index is 14.2. The van der Waals surface area contributed by atoms with Crippen LogP contribution in [0.5, 0.6) is 11.5 Å². The molecular formula is C19H19FN2O3. The maximum Gasteiger partial charge on any atom is 0.129 e. The van der Waals surface area contributed by atoms with Crippen LogP contribution in [0.3, 0.4) is 0 Å². The zero-order chi connectivity index (χ0) is 18.0. The van der Waals surface area contributed by atoms with Crippen LogP contribution in [0.2, 0.25) is 0 Å². The van der Waals surface area contributed by atoms with Gasteiger partial charge in [-0.2, -0.15) is 5.26 Å². The summed E-state index contributed by atoms with van der Waals surface area (Å²) in [6, 6.07) is 9.93. The van der Waals surface area contributed by atoms with Gasteiger partial charge in [-0.15, -0.1) is 0 Å². The number of aliphatic hydroxyl groups is 1. The molecular weight excluding hydrogens is 323 g/mol. The molecule has 0 saturated heterocycles. The fraction of sp³-hybridized carbons (Fsp3) is 0.316. The minimum Gasteiger partial charge on any atom is -0.496 e. The average Bonchev–Trinajstić information content (AvgIpc) is 2.62. The zero-order valence-electron chi connectivity index (χ0n) is 14.1. The lowest BCUT2D eigenvalue weighted by Crippen LogP contribution is -2.34. The van der Waals surface area contributed by atoms with E-state index >= 15 is 0 Å². The number of methoxy groups -OCH3 is 2. The van der Waals surface area contributed by atoms with Crippen molar-refractivity contribution in [3.8, 4) is 17.6 Å². The second-order valence-electron chi connectivity index (χ2n) is 5.97. The van der Waals surface area contributed by atoms with Crippen LogP contribution in [0.4, 0.5) is 4.39 Å². The van der Waals surface area contributed by atoms with Crippen molar-refractivity contribution in [1.29, 1.82) is 5.26 Å². The van der Waals surface area contributed by atoms with Crippen LogP contribution in [-0.4, -0.2) is 30.8 Å². The third-order valence-corrected chi connectivity index (χ3v) is 4.44. The second kappa shape index (κ2) is 7.09. The fourth-order valence-corrected chi connectivity index (χ4v) is 3.25. The smallest absolute Gasteiger partial charge is 0.129 e. The summed E-state index contributed by atoms with van der Waals surface area (Å²) in [5.74, 6) is 0.865. The molecule has 3 rings (SSSR count). The first-order valence-corrected chi connectivity index (χ1v) is 7.90. The number of ether oxygens (including phenoxy) is 2. The van der Waals surface area contributed by atoms with Gasteiger partial charge in [0.05, 0.1) is 32.0 Å². The van der Waals surface area contributed by atoms with Crippen molar-refractivity contribution >= 4 is 0 Å². The number of hydrogen-bond donors (Lipinski definition) is 1. The molecule has 1 aliphatic rings. The molecule has 130 valence electrons. The molecule has 0 saturated carbocycles. The largest absolute Gasteiger partial charge is 0.496 e. The summed E-state index contributed by atoms with van der Waals surface area (Å²) >= 11 is 0. The highest BCUT2D eigenvalue weighted by atomic mass is 19.1. The first-order valence-electron chi connectivity index (χ1n) is 7.90. The quantitative estimate of drug-likeness (QED) is 0.925. The first kappa shape index (κ1) is 17.2. The van der Waals surface area contributed by atoms with Gasteiger partial charge in [0.15, 0.2) is 0 Å². The number of benzene rings is 2. The van der Waals surface area contributed by atoms with E-state index in [9.17, 15) is 9.50 Å². The van der Waals surface area contributed by atoms with Crippen LogP contribution in [-0.2, 0) is 13.1 Å². The highest BCUT2D eigenvalue weighted by Crippen LogP contribution is 2.39. The third-order valence-electron chi connectivity index (χ3n) is 4.44. The molecule has 25 heavy (non-hydrogen) atoms. The minimum absolute atomic E-state index is 0.289. The van der Waals surface area contributed by atoms with Crippen molar-refractivity contribution in [3.05, 3.63) is 58.4 Å². The summed E-state index contributed by atoms with van der Waals surface area (Å²) in [7, 11) is 3.14. The van der Waals surface area contributed by atoms with Gasteiger partial charge in [0.2, 0.25) is 0 Å². The Labute approximate surface area is 145 Å². The van der Waals surface area contributed by atoms with E-state index in [1.165, 1.54) is 6.07 Å². The Morgan fingerprint density at radius 1 is 1.24 bits per heavy atom. The number of nitriles is 1. The summed E-state index contributed by atoms with van der Waals surface area (Å²) in [6.07, 6.45) is -0.754. The molecule has 2 aromatic carbocycles. The Kier molecular flexibility index (Phi) is 4.88. The molecule has 6 heteroatoms. The molecule has 0 bridgehead atoms. The molecule has 0 fully saturated rings. The summed E-state index contributed by atoms with van der Waals surface area (Å²) < 4.78 is 24.9. The third kappa shape index (κ3) is 3.29. The summed E-state index contributed by atoms with van der Waals surface area (Å²) in [5, 5.41) is 19.4. The van der Waals surface area contributed by atoms with E-state index in [4.69, 9.17) is 14.7 Å². The number of nitrogens with zero attached hydrogens (tertiary/aromatic N) is 2. The first-order chi connectivity index (χ1) is 12.1. The lowest BCUT2D eigenvalue weighted by atomic mass is 9.94. The van der Waals surface area contributed by atoms with Crippen molar-refractivity contribution in [2.75, 3.05) is 20.8 Å². The topological polar surface area (TPSA) is 65.7 Å². The SMILES string of the molecule is COc1ccc(OC)c2c1CN(Cc1ccc(C#N)cc1F)C[C@@H]2O. The molecule has 1 heterocycles. The van der Waals surface area contributed by atoms with E-state index in [1.807, 2.05) is 11.0 Å². The Morgan fingerprint density at radius 2 is 1.96 bits per heavy atom. The van der Waals surface area contributed by atoms with E-state index in [0.29, 0.717) is 36.7 Å². The van der Waals surface area contributed by atoms with Gasteiger partial charge in [-0.1, -0.05) is 6.07 Å². The van der Waals surface area contributed by atoms with Crippen LogP contribution >= 0.6 is 0 Å². The number of aliphatic hydroxyl groups excluding tert-OH is 1. The second-order valence-corrected chi connectivity index (χ2v) is 5.97. The van der Waals surface area contributed by atoms with E-state index in [0.717, 1.165) is 11.1 Å². The number of fused-ring (bicyclic) bond motifs is 1. The van der Waals surface area contributed by atoms with Crippen molar-refractivity contribution in [2.45, 2.75) is 19.2 Å². The summed E-state index contributed by atoms with van der Waals surface area (Å²) in [5.41, 5.74) is 2.33. The molecule has 1 atom stereocenters. The Hall–Kier alpha value is -2.62. The van der Waals surface area contributed by atoms with Crippen molar-refractivity contribution in [3.63, 3.8) is 0 Å². The molecule has 1 N–H and O–H groups in total. The number of halogens is 1. The highest BCUT2D eigenvalue weighted by Gasteiger charge is 2.29. The van der Waals surface area contributed by atoms with E-state index < -0.39 is 11.9 Å². The van der Waals surface area contributed by atoms with Crippen LogP contribution < -0.4 is 9.47 Å². The molecule has 0 aliphatic carbocycles. The van der Waals surface area contributed by atoms with Crippen LogP contribution in [0.15, 0.2) is 30.3 Å². The molecule has 0 amide bonds. The molecule has 0 spiro atoms. The number of hydrogen-bond acceptors (Lipinski definition) is 5.